The third-order valence-corrected chi connectivity index (χ3v) is 3.84. The smallest absolute Gasteiger partial charge is 0.318 e. The molecular formula is C15H25N3O. The summed E-state index contributed by atoms with van der Waals surface area (Å²) in [7, 11) is 0. The highest BCUT2D eigenvalue weighted by atomic mass is 16.2. The maximum Gasteiger partial charge on any atom is 0.318 e. The van der Waals surface area contributed by atoms with Crippen molar-refractivity contribution in [2.75, 3.05) is 13.1 Å². The fraction of sp³-hybridized carbons (Fsp3) is 0.667. The van der Waals surface area contributed by atoms with Gasteiger partial charge in [-0.05, 0) is 37.8 Å². The van der Waals surface area contributed by atoms with Gasteiger partial charge >= 0.3 is 6.03 Å². The molecule has 0 bridgehead atoms. The molecule has 19 heavy (non-hydrogen) atoms. The van der Waals surface area contributed by atoms with Crippen LogP contribution in [0.4, 0.5) is 4.79 Å². The summed E-state index contributed by atoms with van der Waals surface area (Å²) in [5.74, 6) is 0.703. The molecule has 1 aromatic heterocycles. The Morgan fingerprint density at radius 3 is 3.00 bits per heavy atom. The zero-order valence-corrected chi connectivity index (χ0v) is 12.2. The van der Waals surface area contributed by atoms with Crippen LogP contribution in [0.1, 0.15) is 45.3 Å². The number of hydrogen-bond donors (Lipinski definition) is 1. The highest BCUT2D eigenvalue weighted by Crippen LogP contribution is 2.24. The molecule has 2 heterocycles. The zero-order chi connectivity index (χ0) is 13.8. The molecule has 0 unspecified atom stereocenters. The first-order chi connectivity index (χ1) is 9.09. The van der Waals surface area contributed by atoms with Gasteiger partial charge in [0.25, 0.3) is 0 Å². The van der Waals surface area contributed by atoms with E-state index in [2.05, 4.69) is 49.0 Å². The van der Waals surface area contributed by atoms with Crippen molar-refractivity contribution < 1.29 is 4.79 Å². The van der Waals surface area contributed by atoms with E-state index in [-0.39, 0.29) is 12.1 Å². The number of nitrogens with one attached hydrogen (secondary N) is 1. The number of aromatic nitrogens is 1. The van der Waals surface area contributed by atoms with Crippen molar-refractivity contribution in [3.8, 4) is 0 Å². The molecule has 0 aliphatic carbocycles. The second-order valence-electron chi connectivity index (χ2n) is 5.76. The van der Waals surface area contributed by atoms with Crippen molar-refractivity contribution in [1.82, 2.24) is 14.8 Å². The van der Waals surface area contributed by atoms with E-state index >= 15 is 0 Å². The molecule has 1 aliphatic heterocycles. The van der Waals surface area contributed by atoms with E-state index < -0.39 is 0 Å². The number of hydrogen-bond acceptors (Lipinski definition) is 1. The number of fused-ring (bicyclic) bond motifs is 1. The summed E-state index contributed by atoms with van der Waals surface area (Å²) in [6, 6.07) is 4.39. The van der Waals surface area contributed by atoms with Crippen LogP contribution in [0.15, 0.2) is 18.3 Å². The Morgan fingerprint density at radius 2 is 2.26 bits per heavy atom. The van der Waals surface area contributed by atoms with Crippen molar-refractivity contribution in [3.05, 3.63) is 24.0 Å². The molecule has 2 rings (SSSR count). The third-order valence-electron chi connectivity index (χ3n) is 3.84. The third kappa shape index (κ3) is 3.31. The van der Waals surface area contributed by atoms with Crippen molar-refractivity contribution in [3.63, 3.8) is 0 Å². The lowest BCUT2D eigenvalue weighted by atomic mass is 10.1. The summed E-state index contributed by atoms with van der Waals surface area (Å²) in [5, 5.41) is 3.04. The predicted octanol–water partition coefficient (Wildman–Crippen LogP) is 3.01. The van der Waals surface area contributed by atoms with E-state index in [1.165, 1.54) is 12.1 Å². The molecule has 1 aromatic rings. The second kappa shape index (κ2) is 6.13. The van der Waals surface area contributed by atoms with Gasteiger partial charge < -0.3 is 14.8 Å². The second-order valence-corrected chi connectivity index (χ2v) is 5.76. The van der Waals surface area contributed by atoms with E-state index in [4.69, 9.17) is 0 Å². The summed E-state index contributed by atoms with van der Waals surface area (Å²) in [4.78, 5) is 14.1. The van der Waals surface area contributed by atoms with Gasteiger partial charge in [-0.1, -0.05) is 13.8 Å². The van der Waals surface area contributed by atoms with Crippen LogP contribution in [0, 0.1) is 5.92 Å². The highest BCUT2D eigenvalue weighted by Gasteiger charge is 2.26. The Morgan fingerprint density at radius 1 is 1.47 bits per heavy atom. The summed E-state index contributed by atoms with van der Waals surface area (Å²) >= 11 is 0. The summed E-state index contributed by atoms with van der Waals surface area (Å²) < 4.78 is 2.23. The quantitative estimate of drug-likeness (QED) is 0.833. The molecule has 4 nitrogen and oxygen atoms in total. The van der Waals surface area contributed by atoms with Gasteiger partial charge in [-0.25, -0.2) is 4.79 Å². The molecule has 0 saturated heterocycles. The number of nitrogens with zero attached hydrogens (tertiary/aromatic N) is 2. The predicted molar refractivity (Wildman–Crippen MR) is 77.0 cm³/mol. The Hall–Kier alpha value is -1.45. The minimum Gasteiger partial charge on any atom is -0.348 e. The normalized spacial score (nSPS) is 18.5. The number of carbonyl (C=O) groups is 1. The summed E-state index contributed by atoms with van der Waals surface area (Å²) in [5.41, 5.74) is 1.23. The molecule has 0 fully saturated rings. The van der Waals surface area contributed by atoms with Gasteiger partial charge in [0.1, 0.15) is 0 Å². The van der Waals surface area contributed by atoms with Crippen molar-refractivity contribution in [2.45, 2.75) is 46.2 Å². The molecule has 0 aromatic carbocycles. The molecule has 1 aliphatic rings. The Kier molecular flexibility index (Phi) is 4.51. The Bertz CT molecular complexity index is 425. The highest BCUT2D eigenvalue weighted by molar-refractivity contribution is 5.74. The Labute approximate surface area is 115 Å². The number of rotatable bonds is 4. The maximum atomic E-state index is 12.2. The van der Waals surface area contributed by atoms with Gasteiger partial charge in [-0.2, -0.15) is 0 Å². The van der Waals surface area contributed by atoms with Crippen molar-refractivity contribution in [1.29, 1.82) is 0 Å². The minimum atomic E-state index is 0.0729. The molecule has 1 atom stereocenters. The molecule has 0 radical (unpaired) electrons. The van der Waals surface area contributed by atoms with Gasteiger partial charge in [0.15, 0.2) is 0 Å². The first-order valence-electron chi connectivity index (χ1n) is 7.29. The summed E-state index contributed by atoms with van der Waals surface area (Å²) in [6.45, 7) is 8.98. The monoisotopic (exact) mass is 263 g/mol. The zero-order valence-electron chi connectivity index (χ0n) is 12.2. The number of amides is 2. The summed E-state index contributed by atoms with van der Waals surface area (Å²) in [6.07, 6.45) is 4.31. The average molecular weight is 263 g/mol. The molecule has 0 spiro atoms. The molecule has 0 saturated carbocycles. The van der Waals surface area contributed by atoms with Gasteiger partial charge in [0, 0.05) is 31.5 Å². The SMILES string of the molecule is CC(C)CCCNC(=O)N1CCn2cccc2[C@@H]1C. The molecule has 2 amide bonds. The van der Waals surface area contributed by atoms with Crippen LogP contribution in [0.25, 0.3) is 0 Å². The topological polar surface area (TPSA) is 37.3 Å². The fourth-order valence-corrected chi connectivity index (χ4v) is 2.66. The standard InChI is InChI=1S/C15H25N3O/c1-12(2)6-4-8-16-15(19)18-11-10-17-9-5-7-14(17)13(18)3/h5,7,9,12-13H,4,6,8,10-11H2,1-3H3,(H,16,19)/t13-/m0/s1. The van der Waals surface area contributed by atoms with Crippen LogP contribution < -0.4 is 5.32 Å². The lowest BCUT2D eigenvalue weighted by Gasteiger charge is -2.34. The van der Waals surface area contributed by atoms with Gasteiger partial charge in [0.2, 0.25) is 0 Å². The largest absolute Gasteiger partial charge is 0.348 e. The van der Waals surface area contributed by atoms with Gasteiger partial charge in [0.05, 0.1) is 6.04 Å². The molecule has 1 N–H and O–H groups in total. The van der Waals surface area contributed by atoms with Crippen LogP contribution in [-0.4, -0.2) is 28.6 Å². The van der Waals surface area contributed by atoms with E-state index in [1.807, 2.05) is 4.90 Å². The number of urea groups is 1. The Balaban J connectivity index is 1.84. The number of carbonyl (C=O) groups excluding carboxylic acids is 1. The van der Waals surface area contributed by atoms with Crippen molar-refractivity contribution in [2.24, 2.45) is 5.92 Å². The molecule has 106 valence electrons. The van der Waals surface area contributed by atoms with Crippen molar-refractivity contribution >= 4 is 6.03 Å². The van der Waals surface area contributed by atoms with Gasteiger partial charge in [-0.3, -0.25) is 0 Å². The van der Waals surface area contributed by atoms with E-state index in [0.717, 1.165) is 26.1 Å². The van der Waals surface area contributed by atoms with Crippen LogP contribution >= 0.6 is 0 Å². The first-order valence-corrected chi connectivity index (χ1v) is 7.29. The minimum absolute atomic E-state index is 0.0729. The molecule has 4 heteroatoms. The lowest BCUT2D eigenvalue weighted by molar-refractivity contribution is 0.162. The first kappa shape index (κ1) is 14.0. The van der Waals surface area contributed by atoms with Crippen LogP contribution in [0.2, 0.25) is 0 Å². The van der Waals surface area contributed by atoms with Crippen LogP contribution in [0.3, 0.4) is 0 Å². The van der Waals surface area contributed by atoms with Crippen LogP contribution in [-0.2, 0) is 6.54 Å². The fourth-order valence-electron chi connectivity index (χ4n) is 2.66. The molecular weight excluding hydrogens is 238 g/mol. The maximum absolute atomic E-state index is 12.2. The van der Waals surface area contributed by atoms with E-state index in [1.54, 1.807) is 0 Å². The lowest BCUT2D eigenvalue weighted by Crippen LogP contribution is -2.46. The van der Waals surface area contributed by atoms with E-state index in [9.17, 15) is 4.79 Å². The average Bonchev–Trinajstić information content (AvgIpc) is 2.83. The van der Waals surface area contributed by atoms with E-state index in [0.29, 0.717) is 5.92 Å². The van der Waals surface area contributed by atoms with Crippen LogP contribution in [0.5, 0.6) is 0 Å². The van der Waals surface area contributed by atoms with Gasteiger partial charge in [-0.15, -0.1) is 0 Å².